The normalized spacial score (nSPS) is 11.0. The molecule has 0 fully saturated rings. The second-order valence-corrected chi connectivity index (χ2v) is 6.00. The van der Waals surface area contributed by atoms with Crippen LogP contribution in [0.1, 0.15) is 26.3 Å². The van der Waals surface area contributed by atoms with Crippen molar-refractivity contribution in [2.24, 2.45) is 0 Å². The molecule has 0 spiro atoms. The van der Waals surface area contributed by atoms with E-state index >= 15 is 0 Å². The van der Waals surface area contributed by atoms with Gasteiger partial charge in [-0.3, -0.25) is 4.90 Å². The van der Waals surface area contributed by atoms with Crippen molar-refractivity contribution >= 4 is 17.6 Å². The Labute approximate surface area is 130 Å². The first kappa shape index (κ1) is 15.8. The van der Waals surface area contributed by atoms with Crippen molar-refractivity contribution in [1.29, 1.82) is 0 Å². The van der Waals surface area contributed by atoms with Crippen LogP contribution in [0.2, 0.25) is 0 Å². The molecular formula is C17H21N3O2. The zero-order valence-electron chi connectivity index (χ0n) is 13.1. The smallest absolute Gasteiger partial charge is 0.416 e. The number of carbonyl (C=O) groups is 1. The maximum Gasteiger partial charge on any atom is 0.416 e. The molecule has 0 radical (unpaired) electrons. The Morgan fingerprint density at radius 3 is 2.59 bits per heavy atom. The number of hydrogen-bond acceptors (Lipinski definition) is 4. The first-order valence-corrected chi connectivity index (χ1v) is 7.11. The van der Waals surface area contributed by atoms with E-state index in [2.05, 4.69) is 4.98 Å². The minimum Gasteiger partial charge on any atom is -0.443 e. The lowest BCUT2D eigenvalue weighted by atomic mass is 10.2. The molecule has 1 amide bonds. The lowest BCUT2D eigenvalue weighted by Gasteiger charge is -2.27. The number of nitrogens with two attached hydrogens (primary N) is 1. The average Bonchev–Trinajstić information content (AvgIpc) is 2.44. The van der Waals surface area contributed by atoms with E-state index in [1.54, 1.807) is 18.3 Å². The molecule has 0 atom stereocenters. The Kier molecular flexibility index (Phi) is 4.65. The van der Waals surface area contributed by atoms with E-state index in [1.165, 1.54) is 4.90 Å². The van der Waals surface area contributed by atoms with Crippen LogP contribution in [0, 0.1) is 0 Å². The van der Waals surface area contributed by atoms with Crippen molar-refractivity contribution in [3.05, 3.63) is 54.2 Å². The van der Waals surface area contributed by atoms with Gasteiger partial charge in [-0.25, -0.2) is 9.78 Å². The van der Waals surface area contributed by atoms with Crippen LogP contribution in [0.3, 0.4) is 0 Å². The van der Waals surface area contributed by atoms with Gasteiger partial charge in [-0.15, -0.1) is 0 Å². The zero-order chi connectivity index (χ0) is 16.2. The quantitative estimate of drug-likeness (QED) is 0.879. The third kappa shape index (κ3) is 4.48. The molecule has 1 aromatic carbocycles. The van der Waals surface area contributed by atoms with Crippen LogP contribution >= 0.6 is 0 Å². The molecule has 0 unspecified atom stereocenters. The van der Waals surface area contributed by atoms with Crippen molar-refractivity contribution in [1.82, 2.24) is 4.98 Å². The van der Waals surface area contributed by atoms with E-state index in [-0.39, 0.29) is 0 Å². The third-order valence-electron chi connectivity index (χ3n) is 2.83. The van der Waals surface area contributed by atoms with Gasteiger partial charge in [0.05, 0.1) is 6.54 Å². The number of aromatic nitrogens is 1. The molecule has 0 bridgehead atoms. The molecule has 0 saturated heterocycles. The number of pyridine rings is 1. The summed E-state index contributed by atoms with van der Waals surface area (Å²) < 4.78 is 5.47. The first-order valence-electron chi connectivity index (χ1n) is 7.11. The number of amides is 1. The van der Waals surface area contributed by atoms with E-state index in [0.29, 0.717) is 18.1 Å². The van der Waals surface area contributed by atoms with Gasteiger partial charge >= 0.3 is 6.09 Å². The summed E-state index contributed by atoms with van der Waals surface area (Å²) in [6.07, 6.45) is 1.21. The van der Waals surface area contributed by atoms with Gasteiger partial charge in [0.1, 0.15) is 11.4 Å². The minimum atomic E-state index is -0.570. The van der Waals surface area contributed by atoms with Gasteiger partial charge in [0.25, 0.3) is 0 Å². The van der Waals surface area contributed by atoms with Crippen molar-refractivity contribution in [3.63, 3.8) is 0 Å². The third-order valence-corrected chi connectivity index (χ3v) is 2.83. The van der Waals surface area contributed by atoms with Crippen molar-refractivity contribution in [3.8, 4) is 0 Å². The Morgan fingerprint density at radius 2 is 2.00 bits per heavy atom. The van der Waals surface area contributed by atoms with Crippen LogP contribution in [0.5, 0.6) is 0 Å². The number of nitrogen functional groups attached to an aromatic ring is 1. The second kappa shape index (κ2) is 6.47. The molecule has 0 saturated carbocycles. The van der Waals surface area contributed by atoms with E-state index in [4.69, 9.17) is 10.5 Å². The molecule has 0 aliphatic rings. The summed E-state index contributed by atoms with van der Waals surface area (Å²) >= 11 is 0. The van der Waals surface area contributed by atoms with Crippen LogP contribution in [-0.4, -0.2) is 16.7 Å². The lowest BCUT2D eigenvalue weighted by Crippen LogP contribution is -2.37. The molecule has 5 heteroatoms. The number of anilines is 2. The molecule has 5 nitrogen and oxygen atoms in total. The largest absolute Gasteiger partial charge is 0.443 e. The number of hydrogen-bond donors (Lipinski definition) is 1. The Morgan fingerprint density at radius 1 is 1.23 bits per heavy atom. The summed E-state index contributed by atoms with van der Waals surface area (Å²) in [6.45, 7) is 5.85. The fourth-order valence-corrected chi connectivity index (χ4v) is 1.94. The van der Waals surface area contributed by atoms with Crippen LogP contribution in [0.15, 0.2) is 48.7 Å². The average molecular weight is 299 g/mol. The van der Waals surface area contributed by atoms with E-state index < -0.39 is 11.7 Å². The van der Waals surface area contributed by atoms with Gasteiger partial charge < -0.3 is 10.5 Å². The number of nitrogens with zero attached hydrogens (tertiary/aromatic N) is 2. The summed E-state index contributed by atoms with van der Waals surface area (Å²) in [5.74, 6) is 0.541. The van der Waals surface area contributed by atoms with Crippen molar-refractivity contribution < 1.29 is 9.53 Å². The van der Waals surface area contributed by atoms with Gasteiger partial charge in [-0.1, -0.05) is 18.2 Å². The van der Waals surface area contributed by atoms with Crippen molar-refractivity contribution in [2.75, 3.05) is 10.6 Å². The maximum atomic E-state index is 12.5. The van der Waals surface area contributed by atoms with E-state index in [0.717, 1.165) is 5.56 Å². The van der Waals surface area contributed by atoms with Crippen LogP contribution in [0.4, 0.5) is 16.3 Å². The molecule has 0 aliphatic heterocycles. The second-order valence-electron chi connectivity index (χ2n) is 6.00. The molecule has 1 aromatic heterocycles. The van der Waals surface area contributed by atoms with E-state index in [1.807, 2.05) is 51.1 Å². The van der Waals surface area contributed by atoms with E-state index in [9.17, 15) is 4.79 Å². The monoisotopic (exact) mass is 299 g/mol. The molecular weight excluding hydrogens is 278 g/mol. The van der Waals surface area contributed by atoms with Crippen molar-refractivity contribution in [2.45, 2.75) is 32.9 Å². The van der Waals surface area contributed by atoms with Gasteiger partial charge in [0.15, 0.2) is 0 Å². The molecule has 2 N–H and O–H groups in total. The zero-order valence-corrected chi connectivity index (χ0v) is 13.1. The van der Waals surface area contributed by atoms with Gasteiger partial charge in [-0.2, -0.15) is 0 Å². The number of carbonyl (C=O) groups excluding carboxylic acids is 1. The highest BCUT2D eigenvalue weighted by Crippen LogP contribution is 2.19. The molecule has 22 heavy (non-hydrogen) atoms. The van der Waals surface area contributed by atoms with Gasteiger partial charge in [0, 0.05) is 11.9 Å². The lowest BCUT2D eigenvalue weighted by molar-refractivity contribution is 0.0576. The predicted octanol–water partition coefficient (Wildman–Crippen LogP) is 3.61. The van der Waals surface area contributed by atoms with Gasteiger partial charge in [0.2, 0.25) is 0 Å². The summed E-state index contributed by atoms with van der Waals surface area (Å²) in [5, 5.41) is 0. The summed E-state index contributed by atoms with van der Waals surface area (Å²) in [5.41, 5.74) is 6.80. The molecule has 2 aromatic rings. The predicted molar refractivity (Wildman–Crippen MR) is 87.5 cm³/mol. The Bertz CT molecular complexity index is 636. The van der Waals surface area contributed by atoms with Crippen LogP contribution < -0.4 is 10.6 Å². The summed E-state index contributed by atoms with van der Waals surface area (Å²) in [7, 11) is 0. The highest BCUT2D eigenvalue weighted by atomic mass is 16.6. The topological polar surface area (TPSA) is 68.5 Å². The number of benzene rings is 1. The molecule has 116 valence electrons. The summed E-state index contributed by atoms with van der Waals surface area (Å²) in [4.78, 5) is 18.2. The number of ether oxygens (including phenoxy) is 1. The molecule has 2 rings (SSSR count). The van der Waals surface area contributed by atoms with Gasteiger partial charge in [-0.05, 0) is 50.6 Å². The van der Waals surface area contributed by atoms with Crippen LogP contribution in [-0.2, 0) is 11.3 Å². The standard InChI is InChI=1S/C17H21N3O2/c1-17(2,3)22-16(21)20(15-9-4-5-10-19-15)12-13-7-6-8-14(18)11-13/h4-11H,12,18H2,1-3H3. The van der Waals surface area contributed by atoms with Crippen LogP contribution in [0.25, 0.3) is 0 Å². The first-order chi connectivity index (χ1) is 10.3. The summed E-state index contributed by atoms with van der Waals surface area (Å²) in [6, 6.07) is 12.8. The fourth-order valence-electron chi connectivity index (χ4n) is 1.94. The SMILES string of the molecule is CC(C)(C)OC(=O)N(Cc1cccc(N)c1)c1ccccn1. The molecule has 1 heterocycles. The highest BCUT2D eigenvalue weighted by Gasteiger charge is 2.24. The fraction of sp³-hybridized carbons (Fsp3) is 0.294. The highest BCUT2D eigenvalue weighted by molar-refractivity contribution is 5.86. The minimum absolute atomic E-state index is 0.344. The Balaban J connectivity index is 2.28. The Hall–Kier alpha value is -2.56. The molecule has 0 aliphatic carbocycles. The number of rotatable bonds is 3. The maximum absolute atomic E-state index is 12.5.